The van der Waals surface area contributed by atoms with Crippen LogP contribution in [-0.4, -0.2) is 36.3 Å². The van der Waals surface area contributed by atoms with Crippen LogP contribution in [0.4, 0.5) is 5.69 Å². The molecule has 2 N–H and O–H groups in total. The molecule has 0 saturated heterocycles. The van der Waals surface area contributed by atoms with Crippen molar-refractivity contribution in [1.82, 2.24) is 10.2 Å². The van der Waals surface area contributed by atoms with Crippen LogP contribution in [0.3, 0.4) is 0 Å². The lowest BCUT2D eigenvalue weighted by Crippen LogP contribution is -2.42. The van der Waals surface area contributed by atoms with Gasteiger partial charge in [-0.3, -0.25) is 14.5 Å². The van der Waals surface area contributed by atoms with Gasteiger partial charge < -0.3 is 10.6 Å². The number of carbonyl (C=O) groups is 2. The second kappa shape index (κ2) is 8.15. The van der Waals surface area contributed by atoms with Gasteiger partial charge >= 0.3 is 0 Å². The third-order valence-corrected chi connectivity index (χ3v) is 4.46. The fraction of sp³-hybridized carbons (Fsp3) is 0.333. The smallest absolute Gasteiger partial charge is 0.242 e. The molecule has 2 aromatic rings. The van der Waals surface area contributed by atoms with Crippen LogP contribution in [0, 0.1) is 6.92 Å². The fourth-order valence-electron chi connectivity index (χ4n) is 2.90. The first-order valence-corrected chi connectivity index (χ1v) is 8.95. The van der Waals surface area contributed by atoms with Crippen molar-refractivity contribution in [2.75, 3.05) is 18.9 Å². The van der Waals surface area contributed by atoms with E-state index in [1.54, 1.807) is 11.9 Å². The molecule has 0 heterocycles. The molecule has 1 aliphatic rings. The minimum Gasteiger partial charge on any atom is -0.352 e. The molecule has 5 heteroatoms. The minimum atomic E-state index is -0.486. The van der Waals surface area contributed by atoms with Gasteiger partial charge in [0.1, 0.15) is 6.04 Å². The van der Waals surface area contributed by atoms with Gasteiger partial charge in [-0.1, -0.05) is 48.0 Å². The Morgan fingerprint density at radius 1 is 1.08 bits per heavy atom. The van der Waals surface area contributed by atoms with Crippen molar-refractivity contribution < 1.29 is 9.59 Å². The number of anilines is 1. The van der Waals surface area contributed by atoms with Gasteiger partial charge in [-0.2, -0.15) is 0 Å². The molecular weight excluding hydrogens is 326 g/mol. The third kappa shape index (κ3) is 4.92. The highest BCUT2D eigenvalue weighted by atomic mass is 16.2. The molecule has 1 fully saturated rings. The number of nitrogens with zero attached hydrogens (tertiary/aromatic N) is 1. The average Bonchev–Trinajstić information content (AvgIpc) is 3.42. The van der Waals surface area contributed by atoms with Gasteiger partial charge in [0.2, 0.25) is 11.8 Å². The zero-order chi connectivity index (χ0) is 18.5. The number of hydrogen-bond acceptors (Lipinski definition) is 3. The molecule has 0 bridgehead atoms. The number of amides is 2. The Morgan fingerprint density at radius 3 is 2.35 bits per heavy atom. The zero-order valence-electron chi connectivity index (χ0n) is 15.2. The van der Waals surface area contributed by atoms with Crippen molar-refractivity contribution >= 4 is 17.5 Å². The van der Waals surface area contributed by atoms with Crippen LogP contribution in [-0.2, 0) is 9.59 Å². The molecule has 0 spiro atoms. The molecule has 1 aliphatic carbocycles. The van der Waals surface area contributed by atoms with Gasteiger partial charge in [0.25, 0.3) is 0 Å². The zero-order valence-corrected chi connectivity index (χ0v) is 15.2. The number of benzene rings is 2. The van der Waals surface area contributed by atoms with E-state index >= 15 is 0 Å². The van der Waals surface area contributed by atoms with Crippen LogP contribution in [0.2, 0.25) is 0 Å². The molecule has 2 aromatic carbocycles. The monoisotopic (exact) mass is 351 g/mol. The van der Waals surface area contributed by atoms with E-state index in [0.29, 0.717) is 0 Å². The molecule has 1 saturated carbocycles. The van der Waals surface area contributed by atoms with Gasteiger partial charge in [-0.15, -0.1) is 0 Å². The quantitative estimate of drug-likeness (QED) is 0.806. The molecule has 26 heavy (non-hydrogen) atoms. The number of carbonyl (C=O) groups excluding carboxylic acids is 2. The Labute approximate surface area is 154 Å². The molecular formula is C21H25N3O2. The highest BCUT2D eigenvalue weighted by Gasteiger charge is 2.31. The molecule has 1 atom stereocenters. The SMILES string of the molecule is Cc1ccc(NC(=O)CN(C)[C@@H](C(=O)NC2CC2)c2ccccc2)cc1. The lowest BCUT2D eigenvalue weighted by Gasteiger charge is -2.27. The topological polar surface area (TPSA) is 61.4 Å². The molecule has 0 unspecified atom stereocenters. The van der Waals surface area contributed by atoms with Crippen molar-refractivity contribution in [1.29, 1.82) is 0 Å². The van der Waals surface area contributed by atoms with E-state index in [9.17, 15) is 9.59 Å². The second-order valence-corrected chi connectivity index (χ2v) is 6.93. The van der Waals surface area contributed by atoms with Gasteiger partial charge in [-0.25, -0.2) is 0 Å². The van der Waals surface area contributed by atoms with E-state index in [1.807, 2.05) is 61.5 Å². The molecule has 2 amide bonds. The van der Waals surface area contributed by atoms with Crippen LogP contribution < -0.4 is 10.6 Å². The summed E-state index contributed by atoms with van der Waals surface area (Å²) in [6, 6.07) is 17.0. The number of hydrogen-bond donors (Lipinski definition) is 2. The maximum atomic E-state index is 12.7. The van der Waals surface area contributed by atoms with Crippen LogP contribution in [0.1, 0.15) is 30.0 Å². The Balaban J connectivity index is 1.67. The van der Waals surface area contributed by atoms with Gasteiger partial charge in [0, 0.05) is 11.7 Å². The Hall–Kier alpha value is -2.66. The van der Waals surface area contributed by atoms with Crippen LogP contribution >= 0.6 is 0 Å². The minimum absolute atomic E-state index is 0.0515. The van der Waals surface area contributed by atoms with Crippen molar-refractivity contribution in [2.24, 2.45) is 0 Å². The Bertz CT molecular complexity index is 755. The fourth-order valence-corrected chi connectivity index (χ4v) is 2.90. The molecule has 0 radical (unpaired) electrons. The van der Waals surface area contributed by atoms with E-state index in [4.69, 9.17) is 0 Å². The van der Waals surface area contributed by atoms with Crippen LogP contribution in [0.15, 0.2) is 54.6 Å². The highest BCUT2D eigenvalue weighted by Crippen LogP contribution is 2.24. The van der Waals surface area contributed by atoms with E-state index < -0.39 is 6.04 Å². The largest absolute Gasteiger partial charge is 0.352 e. The maximum absolute atomic E-state index is 12.7. The van der Waals surface area contributed by atoms with Crippen molar-refractivity contribution in [3.8, 4) is 0 Å². The van der Waals surface area contributed by atoms with Crippen molar-refractivity contribution in [2.45, 2.75) is 31.8 Å². The van der Waals surface area contributed by atoms with Gasteiger partial charge in [0.15, 0.2) is 0 Å². The van der Waals surface area contributed by atoms with E-state index in [2.05, 4.69) is 10.6 Å². The summed E-state index contributed by atoms with van der Waals surface area (Å²) in [6.45, 7) is 2.13. The molecule has 5 nitrogen and oxygen atoms in total. The average molecular weight is 351 g/mol. The van der Waals surface area contributed by atoms with Crippen molar-refractivity contribution in [3.05, 3.63) is 65.7 Å². The summed E-state index contributed by atoms with van der Waals surface area (Å²) in [4.78, 5) is 26.9. The molecule has 3 rings (SSSR count). The first kappa shape index (κ1) is 18.1. The number of likely N-dealkylation sites (N-methyl/N-ethyl adjacent to an activating group) is 1. The lowest BCUT2D eigenvalue weighted by atomic mass is 10.0. The Morgan fingerprint density at radius 2 is 1.73 bits per heavy atom. The number of nitrogens with one attached hydrogen (secondary N) is 2. The van der Waals surface area contributed by atoms with Gasteiger partial charge in [0.05, 0.1) is 6.54 Å². The predicted octanol–water partition coefficient (Wildman–Crippen LogP) is 2.89. The second-order valence-electron chi connectivity index (χ2n) is 6.93. The summed E-state index contributed by atoms with van der Waals surface area (Å²) in [5.74, 6) is -0.194. The summed E-state index contributed by atoms with van der Waals surface area (Å²) in [5, 5.41) is 5.94. The van der Waals surface area contributed by atoms with Crippen LogP contribution in [0.5, 0.6) is 0 Å². The van der Waals surface area contributed by atoms with E-state index in [-0.39, 0.29) is 24.4 Å². The summed E-state index contributed by atoms with van der Waals surface area (Å²) < 4.78 is 0. The van der Waals surface area contributed by atoms with Crippen molar-refractivity contribution in [3.63, 3.8) is 0 Å². The normalized spacial score (nSPS) is 14.7. The Kier molecular flexibility index (Phi) is 5.68. The number of aryl methyl sites for hydroxylation is 1. The third-order valence-electron chi connectivity index (χ3n) is 4.46. The predicted molar refractivity (Wildman–Crippen MR) is 103 cm³/mol. The number of rotatable bonds is 7. The maximum Gasteiger partial charge on any atom is 0.242 e. The summed E-state index contributed by atoms with van der Waals surface area (Å²) in [6.07, 6.45) is 2.07. The molecule has 0 aromatic heterocycles. The standard InChI is InChI=1S/C21H25N3O2/c1-15-8-10-17(11-9-15)22-19(25)14-24(2)20(16-6-4-3-5-7-16)21(26)23-18-12-13-18/h3-11,18,20H,12-14H2,1-2H3,(H,22,25)(H,23,26)/t20-/m1/s1. The summed E-state index contributed by atoms with van der Waals surface area (Å²) in [5.41, 5.74) is 2.78. The van der Waals surface area contributed by atoms with Crippen LogP contribution in [0.25, 0.3) is 0 Å². The first-order chi connectivity index (χ1) is 12.5. The first-order valence-electron chi connectivity index (χ1n) is 8.95. The van der Waals surface area contributed by atoms with E-state index in [0.717, 1.165) is 29.7 Å². The summed E-state index contributed by atoms with van der Waals surface area (Å²) in [7, 11) is 1.80. The highest BCUT2D eigenvalue weighted by molar-refractivity contribution is 5.93. The summed E-state index contributed by atoms with van der Waals surface area (Å²) >= 11 is 0. The lowest BCUT2D eigenvalue weighted by molar-refractivity contribution is -0.127. The molecule has 0 aliphatic heterocycles. The van der Waals surface area contributed by atoms with Gasteiger partial charge in [-0.05, 0) is 44.5 Å². The van der Waals surface area contributed by atoms with E-state index in [1.165, 1.54) is 0 Å². The molecule has 136 valence electrons.